The molecule has 20 heavy (non-hydrogen) atoms. The van der Waals surface area contributed by atoms with Gasteiger partial charge < -0.3 is 10.6 Å². The highest BCUT2D eigenvalue weighted by atomic mass is 16.1. The Kier molecular flexibility index (Phi) is 5.48. The molecule has 3 nitrogen and oxygen atoms in total. The lowest BCUT2D eigenvalue weighted by atomic mass is 9.69. The van der Waals surface area contributed by atoms with E-state index >= 15 is 0 Å². The van der Waals surface area contributed by atoms with Gasteiger partial charge in [0.2, 0.25) is 5.91 Å². The standard InChI is InChI=1S/C17H32N2O/c1-17(2,3)14-6-4-5-7-15(14)19-16(20)12-13-8-10-18-11-9-13/h13-15,18H,4-12H2,1-3H3,(H,19,20). The normalized spacial score (nSPS) is 29.1. The number of rotatable bonds is 3. The Morgan fingerprint density at radius 2 is 1.75 bits per heavy atom. The molecule has 1 heterocycles. The molecular weight excluding hydrogens is 248 g/mol. The lowest BCUT2D eigenvalue weighted by Crippen LogP contribution is -2.47. The highest BCUT2D eigenvalue weighted by Gasteiger charge is 2.35. The molecule has 2 N–H and O–H groups in total. The lowest BCUT2D eigenvalue weighted by molar-refractivity contribution is -0.123. The molecule has 3 heteroatoms. The summed E-state index contributed by atoms with van der Waals surface area (Å²) < 4.78 is 0. The molecule has 0 radical (unpaired) electrons. The van der Waals surface area contributed by atoms with Crippen molar-refractivity contribution in [3.8, 4) is 0 Å². The molecule has 116 valence electrons. The molecule has 1 saturated heterocycles. The van der Waals surface area contributed by atoms with Crippen LogP contribution in [0.1, 0.15) is 65.7 Å². The van der Waals surface area contributed by atoms with Gasteiger partial charge in [0.05, 0.1) is 0 Å². The smallest absolute Gasteiger partial charge is 0.220 e. The molecule has 1 amide bonds. The quantitative estimate of drug-likeness (QED) is 0.834. The predicted molar refractivity (Wildman–Crippen MR) is 83.6 cm³/mol. The van der Waals surface area contributed by atoms with Crippen LogP contribution in [0.5, 0.6) is 0 Å². The molecule has 1 saturated carbocycles. The zero-order chi connectivity index (χ0) is 14.6. The van der Waals surface area contributed by atoms with Crippen LogP contribution in [0.25, 0.3) is 0 Å². The first-order valence-electron chi connectivity index (χ1n) is 8.47. The Morgan fingerprint density at radius 1 is 1.10 bits per heavy atom. The minimum atomic E-state index is 0.290. The average Bonchev–Trinajstić information content (AvgIpc) is 2.39. The molecule has 1 aliphatic heterocycles. The average molecular weight is 280 g/mol. The molecule has 2 atom stereocenters. The molecule has 2 aliphatic rings. The van der Waals surface area contributed by atoms with Gasteiger partial charge in [0.1, 0.15) is 0 Å². The monoisotopic (exact) mass is 280 g/mol. The van der Waals surface area contributed by atoms with Crippen molar-refractivity contribution >= 4 is 5.91 Å². The summed E-state index contributed by atoms with van der Waals surface area (Å²) in [5.74, 6) is 1.51. The molecule has 0 aromatic heterocycles. The molecule has 0 spiro atoms. The molecule has 2 unspecified atom stereocenters. The minimum Gasteiger partial charge on any atom is -0.353 e. The summed E-state index contributed by atoms with van der Waals surface area (Å²) in [6.45, 7) is 9.09. The first kappa shape index (κ1) is 15.8. The van der Waals surface area contributed by atoms with Crippen LogP contribution < -0.4 is 10.6 Å². The van der Waals surface area contributed by atoms with Crippen LogP contribution >= 0.6 is 0 Å². The second-order valence-corrected chi connectivity index (χ2v) is 7.83. The molecular formula is C17H32N2O. The maximum atomic E-state index is 12.3. The number of piperidine rings is 1. The fraction of sp³-hybridized carbons (Fsp3) is 0.941. The summed E-state index contributed by atoms with van der Waals surface area (Å²) in [7, 11) is 0. The van der Waals surface area contributed by atoms with Gasteiger partial charge in [0.15, 0.2) is 0 Å². The van der Waals surface area contributed by atoms with Gasteiger partial charge in [0.25, 0.3) is 0 Å². The zero-order valence-corrected chi connectivity index (χ0v) is 13.5. The summed E-state index contributed by atoms with van der Waals surface area (Å²) in [6.07, 6.45) is 8.06. The van der Waals surface area contributed by atoms with Crippen LogP contribution in [-0.2, 0) is 4.79 Å². The summed E-state index contributed by atoms with van der Waals surface area (Å²) in [4.78, 5) is 12.3. The van der Waals surface area contributed by atoms with E-state index in [0.717, 1.165) is 32.4 Å². The molecule has 2 fully saturated rings. The van der Waals surface area contributed by atoms with Crippen LogP contribution in [0.4, 0.5) is 0 Å². The van der Waals surface area contributed by atoms with E-state index in [-0.39, 0.29) is 5.91 Å². The van der Waals surface area contributed by atoms with Crippen LogP contribution in [-0.4, -0.2) is 25.0 Å². The van der Waals surface area contributed by atoms with Crippen LogP contribution in [0.15, 0.2) is 0 Å². The van der Waals surface area contributed by atoms with Gasteiger partial charge >= 0.3 is 0 Å². The zero-order valence-electron chi connectivity index (χ0n) is 13.5. The van der Waals surface area contributed by atoms with Crippen molar-refractivity contribution in [1.82, 2.24) is 10.6 Å². The number of hydrogen-bond acceptors (Lipinski definition) is 2. The van der Waals surface area contributed by atoms with Crippen molar-refractivity contribution in [1.29, 1.82) is 0 Å². The number of hydrogen-bond donors (Lipinski definition) is 2. The van der Waals surface area contributed by atoms with Crippen molar-refractivity contribution in [2.45, 2.75) is 71.8 Å². The van der Waals surface area contributed by atoms with Crippen molar-refractivity contribution in [2.24, 2.45) is 17.3 Å². The van der Waals surface area contributed by atoms with Gasteiger partial charge in [-0.3, -0.25) is 4.79 Å². The summed E-state index contributed by atoms with van der Waals surface area (Å²) >= 11 is 0. The highest BCUT2D eigenvalue weighted by molar-refractivity contribution is 5.76. The maximum Gasteiger partial charge on any atom is 0.220 e. The summed E-state index contributed by atoms with van der Waals surface area (Å²) in [5, 5.41) is 6.73. The van der Waals surface area contributed by atoms with E-state index in [2.05, 4.69) is 31.4 Å². The fourth-order valence-corrected chi connectivity index (χ4v) is 3.95. The topological polar surface area (TPSA) is 41.1 Å². The van der Waals surface area contributed by atoms with Crippen molar-refractivity contribution < 1.29 is 4.79 Å². The van der Waals surface area contributed by atoms with Crippen LogP contribution in [0.3, 0.4) is 0 Å². The Balaban J connectivity index is 1.84. The van der Waals surface area contributed by atoms with Crippen LogP contribution in [0, 0.1) is 17.3 Å². The number of amides is 1. The van der Waals surface area contributed by atoms with Crippen molar-refractivity contribution in [3.63, 3.8) is 0 Å². The van der Waals surface area contributed by atoms with E-state index in [1.807, 2.05) is 0 Å². The summed E-state index contributed by atoms with van der Waals surface area (Å²) in [5.41, 5.74) is 0.299. The maximum absolute atomic E-state index is 12.3. The SMILES string of the molecule is CC(C)(C)C1CCCCC1NC(=O)CC1CCNCC1. The molecule has 0 aromatic carbocycles. The van der Waals surface area contributed by atoms with E-state index in [1.165, 1.54) is 25.7 Å². The third kappa shape index (κ3) is 4.47. The Bertz CT molecular complexity index is 315. The minimum absolute atomic E-state index is 0.290. The predicted octanol–water partition coefficient (Wildman–Crippen LogP) is 3.10. The third-order valence-electron chi connectivity index (χ3n) is 5.16. The lowest BCUT2D eigenvalue weighted by Gasteiger charge is -2.41. The first-order chi connectivity index (χ1) is 9.47. The molecule has 2 rings (SSSR count). The van der Waals surface area contributed by atoms with Crippen LogP contribution in [0.2, 0.25) is 0 Å². The van der Waals surface area contributed by atoms with Gasteiger partial charge in [-0.1, -0.05) is 33.6 Å². The van der Waals surface area contributed by atoms with Crippen molar-refractivity contribution in [2.75, 3.05) is 13.1 Å². The van der Waals surface area contributed by atoms with Gasteiger partial charge in [-0.05, 0) is 56.0 Å². The van der Waals surface area contributed by atoms with E-state index in [1.54, 1.807) is 0 Å². The second-order valence-electron chi connectivity index (χ2n) is 7.83. The van der Waals surface area contributed by atoms with Crippen molar-refractivity contribution in [3.05, 3.63) is 0 Å². The number of carbonyl (C=O) groups is 1. The van der Waals surface area contributed by atoms with Gasteiger partial charge in [0, 0.05) is 12.5 Å². The number of nitrogens with one attached hydrogen (secondary N) is 2. The van der Waals surface area contributed by atoms with E-state index < -0.39 is 0 Å². The highest BCUT2D eigenvalue weighted by Crippen LogP contribution is 2.38. The molecule has 0 bridgehead atoms. The largest absolute Gasteiger partial charge is 0.353 e. The third-order valence-corrected chi connectivity index (χ3v) is 5.16. The van der Waals surface area contributed by atoms with E-state index in [9.17, 15) is 4.79 Å². The molecule has 1 aliphatic carbocycles. The second kappa shape index (κ2) is 6.93. The van der Waals surface area contributed by atoms with E-state index in [0.29, 0.717) is 23.3 Å². The van der Waals surface area contributed by atoms with E-state index in [4.69, 9.17) is 0 Å². The van der Waals surface area contributed by atoms with Gasteiger partial charge in [-0.25, -0.2) is 0 Å². The Hall–Kier alpha value is -0.570. The molecule has 0 aromatic rings. The first-order valence-corrected chi connectivity index (χ1v) is 8.47. The Morgan fingerprint density at radius 3 is 2.40 bits per heavy atom. The van der Waals surface area contributed by atoms with Gasteiger partial charge in [-0.2, -0.15) is 0 Å². The summed E-state index contributed by atoms with van der Waals surface area (Å²) in [6, 6.07) is 0.401. The Labute approximate surface area is 124 Å². The number of carbonyl (C=O) groups excluding carboxylic acids is 1. The fourth-order valence-electron chi connectivity index (χ4n) is 3.95. The van der Waals surface area contributed by atoms with Gasteiger partial charge in [-0.15, -0.1) is 0 Å².